The Balaban J connectivity index is 0.803. The van der Waals surface area contributed by atoms with E-state index in [1.165, 1.54) is 37.4 Å². The maximum absolute atomic E-state index is 18.8. The number of phosphoric acid groups is 1. The molecule has 0 aromatic carbocycles. The Kier molecular flexibility index (Phi) is 26.6. The minimum Gasteiger partial charge on any atom is -0.444 e. The van der Waals surface area contributed by atoms with Crippen LogP contribution in [-0.2, 0) is 49.5 Å². The fraction of sp³-hybridized carbons (Fsp3) is 0.548. The van der Waals surface area contributed by atoms with Gasteiger partial charge in [-0.2, -0.15) is 30.6 Å². The summed E-state index contributed by atoms with van der Waals surface area (Å²) in [5.41, 5.74) is -9.74. The summed E-state index contributed by atoms with van der Waals surface area (Å²) in [6, 6.07) is 5.25. The van der Waals surface area contributed by atoms with Gasteiger partial charge in [0, 0.05) is 127 Å². The van der Waals surface area contributed by atoms with E-state index < -0.39 is 75.2 Å². The first-order chi connectivity index (χ1) is 62.1. The Bertz CT molecular complexity index is 5360. The van der Waals surface area contributed by atoms with Gasteiger partial charge in [-0.1, -0.05) is 125 Å². The van der Waals surface area contributed by atoms with Crippen LogP contribution in [0.25, 0.3) is 68.9 Å². The van der Waals surface area contributed by atoms with Gasteiger partial charge in [-0.05, 0) is 116 Å². The van der Waals surface area contributed by atoms with Crippen LogP contribution in [0.4, 0.5) is 17.1 Å². The van der Waals surface area contributed by atoms with Gasteiger partial charge in [0.15, 0.2) is 68.8 Å². The molecule has 0 unspecified atom stereocenters. The molecule has 3 fully saturated rings. The highest BCUT2D eigenvalue weighted by molar-refractivity contribution is 7.48. The van der Waals surface area contributed by atoms with Crippen molar-refractivity contribution in [3.63, 3.8) is 0 Å². The molecular weight excluding hydrogens is 1690 g/mol. The molecule has 3 amide bonds. The third-order valence-corrected chi connectivity index (χ3v) is 26.5. The summed E-state index contributed by atoms with van der Waals surface area (Å²) in [7, 11) is -5.62. The fourth-order valence-corrected chi connectivity index (χ4v) is 22.7. The number of rotatable bonds is 30. The Morgan fingerprint density at radius 3 is 0.824 bits per heavy atom. The first kappa shape index (κ1) is 94.2. The van der Waals surface area contributed by atoms with E-state index in [1.807, 2.05) is 159 Å². The summed E-state index contributed by atoms with van der Waals surface area (Å²) >= 11 is 0. The number of amides is 3. The van der Waals surface area contributed by atoms with Gasteiger partial charge >= 0.3 is 7.82 Å². The van der Waals surface area contributed by atoms with Gasteiger partial charge in [-0.3, -0.25) is 42.0 Å². The van der Waals surface area contributed by atoms with Crippen LogP contribution >= 0.6 is 7.82 Å². The third-order valence-electron chi connectivity index (χ3n) is 25.0. The molecule has 0 bridgehead atoms. The van der Waals surface area contributed by atoms with E-state index in [0.717, 1.165) is 77.0 Å². The van der Waals surface area contributed by atoms with E-state index in [2.05, 4.69) is 45.9 Å². The number of carbonyl (C=O) groups excluding carboxylic acids is 3. The lowest BCUT2D eigenvalue weighted by molar-refractivity contribution is -0.267. The van der Waals surface area contributed by atoms with Gasteiger partial charge in [-0.15, -0.1) is 0 Å². The molecule has 15 rings (SSSR count). The Hall–Kier alpha value is -11.5. The highest BCUT2D eigenvalue weighted by Gasteiger charge is 2.68. The quantitative estimate of drug-likeness (QED) is 0.0352. The van der Waals surface area contributed by atoms with Crippen molar-refractivity contribution < 1.29 is 60.0 Å². The number of hydrogen-bond acceptors (Lipinski definition) is 28. The summed E-state index contributed by atoms with van der Waals surface area (Å²) < 4.78 is 89.7. The highest BCUT2D eigenvalue weighted by Crippen LogP contribution is 2.72. The molecule has 131 heavy (non-hydrogen) atoms. The van der Waals surface area contributed by atoms with Gasteiger partial charge in [0.05, 0.1) is 88.8 Å². The van der Waals surface area contributed by atoms with E-state index in [0.29, 0.717) is 88.1 Å². The smallest absolute Gasteiger partial charge is 0.444 e. The number of nitrogens with zero attached hydrogens (tertiary/aromatic N) is 21. The van der Waals surface area contributed by atoms with Gasteiger partial charge in [0.25, 0.3) is 17.7 Å². The molecule has 12 aromatic heterocycles. The number of phosphoric ester groups is 1. The molecule has 0 spiro atoms. The number of ether oxygens (including phenoxy) is 3. The van der Waals surface area contributed by atoms with Crippen molar-refractivity contribution in [2.75, 3.05) is 35.8 Å². The molecule has 3 aliphatic carbocycles. The first-order valence-electron chi connectivity index (χ1n) is 45.2. The van der Waals surface area contributed by atoms with E-state index in [4.69, 9.17) is 86.6 Å². The van der Waals surface area contributed by atoms with Crippen molar-refractivity contribution in [1.29, 1.82) is 0 Å². The van der Waals surface area contributed by atoms with Gasteiger partial charge in [0.1, 0.15) is 18.8 Å². The predicted octanol–water partition coefficient (Wildman–Crippen LogP) is 19.3. The van der Waals surface area contributed by atoms with Gasteiger partial charge in [0.2, 0.25) is 17.7 Å². The highest BCUT2D eigenvalue weighted by atomic mass is 31.2. The number of aromatic nitrogens is 21. The number of nitrogens with one attached hydrogen (secondary N) is 3. The maximum atomic E-state index is 18.8. The summed E-state index contributed by atoms with van der Waals surface area (Å²) in [6.45, 7) is 42.9. The van der Waals surface area contributed by atoms with Crippen LogP contribution in [0.1, 0.15) is 272 Å². The van der Waals surface area contributed by atoms with Crippen LogP contribution in [0.15, 0.2) is 143 Å². The Labute approximate surface area is 762 Å². The number of anilines is 3. The monoisotopic (exact) mass is 1810 g/mol. The molecule has 12 aromatic rings. The van der Waals surface area contributed by atoms with Crippen molar-refractivity contribution in [1.82, 2.24) is 104 Å². The standard InChI is InChI=1S/C93H123N24O13P/c1-22-122-64-34-28-61(29-35-64)112-52-67(73(109-112)76-94-40-25-41-95-76)103-79(118)70-55-125-82(106-70)58-46-100-115(49-58)91(85(4,5)6,86(7,8)9)128-131(121,129-92(87(10,11)12,88(13,14)15)116-50-59(47-101-116)83-107-71(56-126-83)80(119)104-68-53-113(62-30-36-65(37-31-62)123-23-2)110-74(68)77-96-42-26-43-97-77)130-93(89(16,17)18,90(19,20)21)117-51-60(48-102-117)84-108-72(57-127-84)81(120)105-69-54-114(63-32-38-66(39-33-63)124-24-3)111-75(69)78-98-44-27-45-99-78/h25-27,40-57,61-66H,22-24,28-39H2,1-21H3,(H,103,118)(H,104,119)(H,105,120). The molecule has 37 nitrogen and oxygen atoms in total. The average molecular weight is 1820 g/mol. The van der Waals surface area contributed by atoms with Crippen molar-refractivity contribution >= 4 is 42.6 Å². The zero-order valence-electron chi connectivity index (χ0n) is 78.8. The number of hydrogen-bond donors (Lipinski definition) is 3. The minimum atomic E-state index is -5.62. The second kappa shape index (κ2) is 36.9. The number of oxazole rings is 3. The second-order valence-corrected chi connectivity index (χ2v) is 41.6. The van der Waals surface area contributed by atoms with E-state index >= 15 is 4.57 Å². The van der Waals surface area contributed by atoms with Crippen LogP contribution in [-0.4, -0.2) is 159 Å². The minimum absolute atomic E-state index is 0.0138. The van der Waals surface area contributed by atoms with Crippen LogP contribution in [0.5, 0.6) is 0 Å². The fourth-order valence-electron chi connectivity index (χ4n) is 19.7. The summed E-state index contributed by atoms with van der Waals surface area (Å²) in [5, 5.41) is 39.4. The number of carbonyl (C=O) groups is 3. The molecular formula is C93H123N24O13P. The van der Waals surface area contributed by atoms with Crippen molar-refractivity contribution in [2.24, 2.45) is 32.5 Å². The first-order valence-corrected chi connectivity index (χ1v) is 46.7. The molecule has 698 valence electrons. The Morgan fingerprint density at radius 2 is 0.603 bits per heavy atom. The molecule has 3 saturated carbocycles. The molecule has 12 heterocycles. The van der Waals surface area contributed by atoms with Gasteiger partial charge < -0.3 is 43.4 Å². The SMILES string of the molecule is CCOC1CCC(n2cc(NC(=O)c3coc(-c4cnn(C(OP(=O)(OC(n5cc(-c6nc(C(=O)Nc7cn(C8CCC(OCC)CC8)nc7-c7ncccn7)co6)cn5)(C(C)(C)C)C(C)(C)C)OC(n5cc(-c6nc(C(=O)Nc7cn(C8CCC(OCC)CC8)nc7-c7ncccn7)co6)cn5)(C(C)(C)C)C(C)(C)C)(C(C)(C)C)C(C)(C)C)c4)n3)c(-c3ncccn3)n2)CC1. The average Bonchev–Trinajstić information content (AvgIpc) is 1.70. The topological polar surface area (TPSA) is 422 Å². The molecule has 0 aliphatic heterocycles. The third kappa shape index (κ3) is 18.9. The summed E-state index contributed by atoms with van der Waals surface area (Å²) in [5.74, 6) is -0.781. The van der Waals surface area contributed by atoms with Gasteiger partial charge in [-0.25, -0.2) is 63.5 Å². The summed E-state index contributed by atoms with van der Waals surface area (Å²) in [4.78, 5) is 85.4. The lowest BCUT2D eigenvalue weighted by Gasteiger charge is -2.58. The summed E-state index contributed by atoms with van der Waals surface area (Å²) in [6.07, 6.45) is 39.1. The van der Waals surface area contributed by atoms with Crippen molar-refractivity contribution in [3.8, 4) is 68.9 Å². The zero-order chi connectivity index (χ0) is 93.6. The predicted molar refractivity (Wildman–Crippen MR) is 487 cm³/mol. The maximum Gasteiger partial charge on any atom is 0.481 e. The second-order valence-electron chi connectivity index (χ2n) is 40.1. The Morgan fingerprint density at radius 1 is 0.366 bits per heavy atom. The largest absolute Gasteiger partial charge is 0.481 e. The molecule has 3 N–H and O–H groups in total. The van der Waals surface area contributed by atoms with Crippen LogP contribution in [0.3, 0.4) is 0 Å². The zero-order valence-corrected chi connectivity index (χ0v) is 79.7. The van der Waals surface area contributed by atoms with Crippen LogP contribution < -0.4 is 16.0 Å². The lowest BCUT2D eigenvalue weighted by atomic mass is 9.68. The molecule has 0 radical (unpaired) electrons. The lowest BCUT2D eigenvalue weighted by Crippen LogP contribution is -2.61. The van der Waals surface area contributed by atoms with E-state index in [1.54, 1.807) is 107 Å². The normalized spacial score (nSPS) is 18.8. The van der Waals surface area contributed by atoms with Crippen molar-refractivity contribution in [2.45, 2.75) is 276 Å². The molecule has 3 aliphatic rings. The van der Waals surface area contributed by atoms with Crippen molar-refractivity contribution in [3.05, 3.63) is 147 Å². The van der Waals surface area contributed by atoms with E-state index in [9.17, 15) is 14.4 Å². The van der Waals surface area contributed by atoms with E-state index in [-0.39, 0.29) is 71.2 Å². The molecule has 0 atom stereocenters. The molecule has 0 saturated heterocycles. The molecule has 38 heteroatoms. The van der Waals surface area contributed by atoms with Crippen LogP contribution in [0, 0.1) is 32.5 Å². The van der Waals surface area contributed by atoms with Crippen LogP contribution in [0.2, 0.25) is 0 Å².